The van der Waals surface area contributed by atoms with Crippen LogP contribution in [0, 0.1) is 5.92 Å². The summed E-state index contributed by atoms with van der Waals surface area (Å²) in [6, 6.07) is -0.0286. The minimum atomic E-state index is -0.243. The zero-order valence-corrected chi connectivity index (χ0v) is 9.69. The number of nitrogens with two attached hydrogens (primary N) is 1. The summed E-state index contributed by atoms with van der Waals surface area (Å²) in [5.41, 5.74) is 5.98. The Kier molecular flexibility index (Phi) is 5.53. The Labute approximate surface area is 91.7 Å². The van der Waals surface area contributed by atoms with Crippen LogP contribution in [0.2, 0.25) is 0 Å². The third kappa shape index (κ3) is 4.47. The minimum absolute atomic E-state index is 0.00582. The van der Waals surface area contributed by atoms with E-state index >= 15 is 0 Å². The molecule has 4 heteroatoms. The Hall–Kier alpha value is -0.160. The lowest BCUT2D eigenvalue weighted by Gasteiger charge is -2.25. The molecule has 0 radical (unpaired) electrons. The van der Waals surface area contributed by atoms with Crippen LogP contribution in [0.15, 0.2) is 0 Å². The molecule has 1 aliphatic rings. The van der Waals surface area contributed by atoms with Gasteiger partial charge in [-0.2, -0.15) is 0 Å². The van der Waals surface area contributed by atoms with E-state index in [9.17, 15) is 5.11 Å². The second-order valence-electron chi connectivity index (χ2n) is 4.24. The molecule has 0 amide bonds. The van der Waals surface area contributed by atoms with Gasteiger partial charge in [-0.05, 0) is 32.6 Å². The van der Waals surface area contributed by atoms with E-state index in [4.69, 9.17) is 15.2 Å². The Morgan fingerprint density at radius 3 is 2.60 bits per heavy atom. The Balaban J connectivity index is 2.24. The maximum Gasteiger partial charge on any atom is 0.0963 e. The highest BCUT2D eigenvalue weighted by Gasteiger charge is 2.34. The molecule has 1 fully saturated rings. The lowest BCUT2D eigenvalue weighted by molar-refractivity contribution is -0.0758. The largest absolute Gasteiger partial charge is 0.394 e. The van der Waals surface area contributed by atoms with Crippen molar-refractivity contribution in [2.75, 3.05) is 19.8 Å². The molecular formula is C11H23NO3. The topological polar surface area (TPSA) is 64.7 Å². The van der Waals surface area contributed by atoms with Crippen LogP contribution < -0.4 is 5.73 Å². The minimum Gasteiger partial charge on any atom is -0.394 e. The summed E-state index contributed by atoms with van der Waals surface area (Å²) in [4.78, 5) is 0. The number of hydrogen-bond donors (Lipinski definition) is 2. The van der Waals surface area contributed by atoms with E-state index in [0.29, 0.717) is 19.1 Å². The molecular weight excluding hydrogens is 194 g/mol. The van der Waals surface area contributed by atoms with Crippen molar-refractivity contribution in [3.63, 3.8) is 0 Å². The molecule has 3 atom stereocenters. The summed E-state index contributed by atoms with van der Waals surface area (Å²) in [5.74, 6) is 0.543. The number of hydrogen-bond acceptors (Lipinski definition) is 4. The van der Waals surface area contributed by atoms with Gasteiger partial charge in [0.25, 0.3) is 0 Å². The first-order valence-corrected chi connectivity index (χ1v) is 5.78. The lowest BCUT2D eigenvalue weighted by atomic mass is 10.1. The fourth-order valence-corrected chi connectivity index (χ4v) is 1.66. The molecule has 15 heavy (non-hydrogen) atoms. The summed E-state index contributed by atoms with van der Waals surface area (Å²) < 4.78 is 10.9. The van der Waals surface area contributed by atoms with E-state index in [1.807, 2.05) is 13.8 Å². The van der Waals surface area contributed by atoms with Gasteiger partial charge < -0.3 is 20.3 Å². The highest BCUT2D eigenvalue weighted by Crippen LogP contribution is 2.33. The van der Waals surface area contributed by atoms with Crippen molar-refractivity contribution in [1.82, 2.24) is 0 Å². The van der Waals surface area contributed by atoms with Crippen molar-refractivity contribution in [2.45, 2.75) is 44.9 Å². The highest BCUT2D eigenvalue weighted by atomic mass is 16.5. The fraction of sp³-hybridized carbons (Fsp3) is 1.00. The van der Waals surface area contributed by atoms with Crippen LogP contribution >= 0.6 is 0 Å². The van der Waals surface area contributed by atoms with Gasteiger partial charge in [0, 0.05) is 12.6 Å². The Morgan fingerprint density at radius 1 is 1.47 bits per heavy atom. The van der Waals surface area contributed by atoms with Gasteiger partial charge in [0.05, 0.1) is 25.4 Å². The molecule has 0 aromatic heterocycles. The third-order valence-electron chi connectivity index (χ3n) is 2.74. The second kappa shape index (κ2) is 6.43. The normalized spacial score (nSPS) is 22.4. The van der Waals surface area contributed by atoms with Crippen molar-refractivity contribution < 1.29 is 14.6 Å². The van der Waals surface area contributed by atoms with Crippen LogP contribution in [0.5, 0.6) is 0 Å². The van der Waals surface area contributed by atoms with E-state index < -0.39 is 0 Å². The fourth-order valence-electron chi connectivity index (χ4n) is 1.66. The van der Waals surface area contributed by atoms with Gasteiger partial charge in [-0.1, -0.05) is 0 Å². The van der Waals surface area contributed by atoms with Crippen molar-refractivity contribution in [1.29, 1.82) is 0 Å². The summed E-state index contributed by atoms with van der Waals surface area (Å²) in [6.07, 6.45) is 2.08. The van der Waals surface area contributed by atoms with Gasteiger partial charge in [0.15, 0.2) is 0 Å². The van der Waals surface area contributed by atoms with Crippen molar-refractivity contribution >= 4 is 0 Å². The first kappa shape index (κ1) is 12.9. The molecule has 3 N–H and O–H groups in total. The Morgan fingerprint density at radius 2 is 2.13 bits per heavy atom. The SMILES string of the molecule is CCOCC(C)OC(CO)C(N)C1CC1. The van der Waals surface area contributed by atoms with Gasteiger partial charge >= 0.3 is 0 Å². The van der Waals surface area contributed by atoms with E-state index in [2.05, 4.69) is 0 Å². The van der Waals surface area contributed by atoms with E-state index in [-0.39, 0.29) is 24.9 Å². The number of rotatable bonds is 8. The van der Waals surface area contributed by atoms with Crippen LogP contribution in [-0.2, 0) is 9.47 Å². The maximum absolute atomic E-state index is 9.20. The zero-order valence-electron chi connectivity index (χ0n) is 9.69. The number of aliphatic hydroxyl groups is 1. The number of ether oxygens (including phenoxy) is 2. The van der Waals surface area contributed by atoms with Gasteiger partial charge in [0.1, 0.15) is 0 Å². The highest BCUT2D eigenvalue weighted by molar-refractivity contribution is 4.89. The predicted molar refractivity (Wildman–Crippen MR) is 58.6 cm³/mol. The number of aliphatic hydroxyl groups excluding tert-OH is 1. The molecule has 3 unspecified atom stereocenters. The lowest BCUT2D eigenvalue weighted by Crippen LogP contribution is -2.43. The molecule has 0 aliphatic heterocycles. The van der Waals surface area contributed by atoms with Crippen molar-refractivity contribution in [2.24, 2.45) is 11.7 Å². The second-order valence-corrected chi connectivity index (χ2v) is 4.24. The summed E-state index contributed by atoms with van der Waals surface area (Å²) in [6.45, 7) is 5.13. The van der Waals surface area contributed by atoms with Gasteiger partial charge in [-0.15, -0.1) is 0 Å². The molecule has 1 saturated carbocycles. The van der Waals surface area contributed by atoms with E-state index in [1.165, 1.54) is 12.8 Å². The van der Waals surface area contributed by atoms with Crippen LogP contribution in [0.4, 0.5) is 0 Å². The van der Waals surface area contributed by atoms with Crippen LogP contribution in [0.3, 0.4) is 0 Å². The molecule has 90 valence electrons. The average molecular weight is 217 g/mol. The zero-order chi connectivity index (χ0) is 11.3. The first-order valence-electron chi connectivity index (χ1n) is 5.78. The van der Waals surface area contributed by atoms with E-state index in [1.54, 1.807) is 0 Å². The van der Waals surface area contributed by atoms with Gasteiger partial charge in [-0.3, -0.25) is 0 Å². The third-order valence-corrected chi connectivity index (χ3v) is 2.74. The molecule has 0 aromatic carbocycles. The smallest absolute Gasteiger partial charge is 0.0963 e. The first-order chi connectivity index (χ1) is 7.19. The van der Waals surface area contributed by atoms with Crippen LogP contribution in [0.25, 0.3) is 0 Å². The summed E-state index contributed by atoms with van der Waals surface area (Å²) in [5, 5.41) is 9.20. The summed E-state index contributed by atoms with van der Waals surface area (Å²) >= 11 is 0. The quantitative estimate of drug-likeness (QED) is 0.622. The molecule has 0 spiro atoms. The summed E-state index contributed by atoms with van der Waals surface area (Å²) in [7, 11) is 0. The molecule has 0 bridgehead atoms. The molecule has 0 saturated heterocycles. The standard InChI is InChI=1S/C11H23NO3/c1-3-14-7-8(2)15-10(6-13)11(12)9-4-5-9/h8-11,13H,3-7,12H2,1-2H3. The Bertz CT molecular complexity index is 173. The molecule has 0 aromatic rings. The van der Waals surface area contributed by atoms with Gasteiger partial charge in [0.2, 0.25) is 0 Å². The average Bonchev–Trinajstić information content (AvgIpc) is 3.05. The molecule has 1 rings (SSSR count). The molecule has 1 aliphatic carbocycles. The monoisotopic (exact) mass is 217 g/mol. The molecule has 4 nitrogen and oxygen atoms in total. The van der Waals surface area contributed by atoms with E-state index in [0.717, 1.165) is 0 Å². The van der Waals surface area contributed by atoms with Crippen LogP contribution in [-0.4, -0.2) is 43.2 Å². The van der Waals surface area contributed by atoms with Gasteiger partial charge in [-0.25, -0.2) is 0 Å². The van der Waals surface area contributed by atoms with Crippen molar-refractivity contribution in [3.8, 4) is 0 Å². The maximum atomic E-state index is 9.20. The molecule has 0 heterocycles. The predicted octanol–water partition coefficient (Wildman–Crippen LogP) is 0.526. The van der Waals surface area contributed by atoms with Crippen molar-refractivity contribution in [3.05, 3.63) is 0 Å². The van der Waals surface area contributed by atoms with Crippen LogP contribution in [0.1, 0.15) is 26.7 Å².